The summed E-state index contributed by atoms with van der Waals surface area (Å²) < 4.78 is 16.6. The largest absolute Gasteiger partial charge is 0.366 e. The number of carbonyl (C=O) groups is 1. The Labute approximate surface area is 150 Å². The van der Waals surface area contributed by atoms with Crippen LogP contribution < -0.4 is 5.73 Å². The summed E-state index contributed by atoms with van der Waals surface area (Å²) in [6.07, 6.45) is 0.939. The van der Waals surface area contributed by atoms with E-state index in [-0.39, 0.29) is 5.82 Å². The quantitative estimate of drug-likeness (QED) is 0.584. The monoisotopic (exact) mass is 345 g/mol. The Morgan fingerprint density at radius 2 is 1.92 bits per heavy atom. The number of hydrogen-bond acceptors (Lipinski definition) is 1. The lowest BCUT2D eigenvalue weighted by Crippen LogP contribution is -2.11. The van der Waals surface area contributed by atoms with Gasteiger partial charge in [-0.25, -0.2) is 4.39 Å². The van der Waals surface area contributed by atoms with Crippen LogP contribution in [0.25, 0.3) is 21.8 Å². The van der Waals surface area contributed by atoms with Gasteiger partial charge in [-0.15, -0.1) is 0 Å². The molecule has 0 spiro atoms. The topological polar surface area (TPSA) is 48.0 Å². The molecule has 129 valence electrons. The maximum atomic E-state index is 14.7. The Balaban J connectivity index is 2.03. The molecule has 4 rings (SSSR count). The number of nitrogens with zero attached hydrogens (tertiary/aromatic N) is 1. The number of aromatic nitrogens is 1. The first-order valence-electron chi connectivity index (χ1n) is 8.59. The molecule has 0 aliphatic carbocycles. The number of rotatable bonds is 4. The fraction of sp³-hybridized carbons (Fsp3) is 0.136. The maximum Gasteiger partial charge on any atom is 0.249 e. The third kappa shape index (κ3) is 2.54. The van der Waals surface area contributed by atoms with Crippen molar-refractivity contribution in [3.8, 4) is 0 Å². The molecular weight excluding hydrogens is 327 g/mol. The van der Waals surface area contributed by atoms with Crippen LogP contribution in [-0.2, 0) is 13.0 Å². The molecule has 3 nitrogen and oxygen atoms in total. The molecule has 1 amide bonds. The van der Waals surface area contributed by atoms with Crippen molar-refractivity contribution in [2.75, 3.05) is 0 Å². The van der Waals surface area contributed by atoms with Crippen LogP contribution in [0.2, 0.25) is 0 Å². The number of fused-ring (bicyclic) bond motifs is 3. The molecule has 0 aliphatic heterocycles. The van der Waals surface area contributed by atoms with Gasteiger partial charge >= 0.3 is 0 Å². The van der Waals surface area contributed by atoms with Crippen LogP contribution in [-0.4, -0.2) is 10.5 Å². The van der Waals surface area contributed by atoms with Crippen molar-refractivity contribution in [3.63, 3.8) is 0 Å². The maximum absolute atomic E-state index is 14.7. The molecule has 26 heavy (non-hydrogen) atoms. The average Bonchev–Trinajstić information content (AvgIpc) is 2.97. The third-order valence-electron chi connectivity index (χ3n) is 4.78. The number of hydrogen-bond donors (Lipinski definition) is 1. The van der Waals surface area contributed by atoms with Crippen molar-refractivity contribution in [1.82, 2.24) is 4.57 Å². The van der Waals surface area contributed by atoms with Gasteiger partial charge in [-0.3, -0.25) is 4.79 Å². The summed E-state index contributed by atoms with van der Waals surface area (Å²) in [5, 5.41) is 1.24. The lowest BCUT2D eigenvalue weighted by molar-refractivity contribution is 0.100. The molecular formula is C22H18FN2O. The van der Waals surface area contributed by atoms with E-state index in [9.17, 15) is 9.18 Å². The highest BCUT2D eigenvalue weighted by molar-refractivity contribution is 6.17. The molecule has 0 bridgehead atoms. The summed E-state index contributed by atoms with van der Waals surface area (Å²) in [5.74, 6) is -0.864. The molecule has 0 aliphatic rings. The van der Waals surface area contributed by atoms with E-state index >= 15 is 0 Å². The molecule has 4 aromatic rings. The van der Waals surface area contributed by atoms with Gasteiger partial charge in [0.05, 0.1) is 11.0 Å². The van der Waals surface area contributed by atoms with Crippen LogP contribution in [0, 0.1) is 11.9 Å². The van der Waals surface area contributed by atoms with Crippen LogP contribution in [0.3, 0.4) is 0 Å². The molecule has 0 saturated carbocycles. The Morgan fingerprint density at radius 1 is 1.15 bits per heavy atom. The van der Waals surface area contributed by atoms with Gasteiger partial charge < -0.3 is 10.3 Å². The van der Waals surface area contributed by atoms with E-state index in [1.807, 2.05) is 22.8 Å². The summed E-state index contributed by atoms with van der Waals surface area (Å²) in [6.45, 7) is 2.61. The van der Waals surface area contributed by atoms with Crippen molar-refractivity contribution in [3.05, 3.63) is 83.2 Å². The van der Waals surface area contributed by atoms with Gasteiger partial charge in [-0.05, 0) is 41.8 Å². The fourth-order valence-corrected chi connectivity index (χ4v) is 3.57. The predicted octanol–water partition coefficient (Wildman–Crippen LogP) is 4.44. The normalized spacial score (nSPS) is 11.3. The SMILES string of the molecule is CCc1cccc(Cn2c3cccc(C(N)=O)c3c3[c]ccc(F)c32)c1. The van der Waals surface area contributed by atoms with Gasteiger partial charge in [0.25, 0.3) is 0 Å². The van der Waals surface area contributed by atoms with Crippen molar-refractivity contribution in [1.29, 1.82) is 0 Å². The van der Waals surface area contributed by atoms with E-state index in [0.29, 0.717) is 28.4 Å². The number of aryl methyl sites for hydroxylation is 1. The van der Waals surface area contributed by atoms with Crippen LogP contribution in [0.5, 0.6) is 0 Å². The molecule has 1 aromatic heterocycles. The van der Waals surface area contributed by atoms with Gasteiger partial charge in [0.2, 0.25) is 5.91 Å². The molecule has 0 atom stereocenters. The zero-order valence-corrected chi connectivity index (χ0v) is 14.4. The molecule has 0 unspecified atom stereocenters. The van der Waals surface area contributed by atoms with Crippen LogP contribution in [0.1, 0.15) is 28.4 Å². The first-order valence-corrected chi connectivity index (χ1v) is 8.59. The van der Waals surface area contributed by atoms with Crippen LogP contribution >= 0.6 is 0 Å². The number of benzene rings is 3. The van der Waals surface area contributed by atoms with E-state index in [4.69, 9.17) is 5.73 Å². The van der Waals surface area contributed by atoms with E-state index in [1.54, 1.807) is 12.1 Å². The second kappa shape index (κ2) is 6.30. The molecule has 4 heteroatoms. The highest BCUT2D eigenvalue weighted by Gasteiger charge is 2.18. The van der Waals surface area contributed by atoms with E-state index in [1.165, 1.54) is 17.7 Å². The minimum absolute atomic E-state index is 0.336. The summed E-state index contributed by atoms with van der Waals surface area (Å²) in [5.41, 5.74) is 9.47. The van der Waals surface area contributed by atoms with Crippen molar-refractivity contribution in [2.24, 2.45) is 5.73 Å². The predicted molar refractivity (Wildman–Crippen MR) is 102 cm³/mol. The number of halogens is 1. The summed E-state index contributed by atoms with van der Waals surface area (Å²) in [4.78, 5) is 11.9. The number of amides is 1. The van der Waals surface area contributed by atoms with Gasteiger partial charge in [0.1, 0.15) is 5.82 Å². The number of carbonyl (C=O) groups excluding carboxylic acids is 1. The standard InChI is InChI=1S/C22H18FN2O/c1-2-14-6-3-7-15(12-14)13-25-19-11-5-9-17(22(24)26)20(19)16-8-4-10-18(23)21(16)25/h3-7,9-12H,2,13H2,1H3,(H2,24,26). The Hall–Kier alpha value is -3.14. The first kappa shape index (κ1) is 16.3. The lowest BCUT2D eigenvalue weighted by atomic mass is 10.1. The zero-order chi connectivity index (χ0) is 18.3. The van der Waals surface area contributed by atoms with Crippen molar-refractivity contribution < 1.29 is 9.18 Å². The second-order valence-corrected chi connectivity index (χ2v) is 6.37. The number of primary amides is 1. The molecule has 1 radical (unpaired) electrons. The van der Waals surface area contributed by atoms with Crippen molar-refractivity contribution in [2.45, 2.75) is 19.9 Å². The van der Waals surface area contributed by atoms with Gasteiger partial charge in [0.15, 0.2) is 0 Å². The molecule has 0 saturated heterocycles. The summed E-state index contributed by atoms with van der Waals surface area (Å²) in [7, 11) is 0. The Morgan fingerprint density at radius 3 is 2.69 bits per heavy atom. The summed E-state index contributed by atoms with van der Waals surface area (Å²) in [6, 6.07) is 19.6. The van der Waals surface area contributed by atoms with Crippen LogP contribution in [0.15, 0.2) is 54.6 Å². The molecule has 0 fully saturated rings. The molecule has 2 N–H and O–H groups in total. The molecule has 1 heterocycles. The van der Waals surface area contributed by atoms with Crippen molar-refractivity contribution >= 4 is 27.7 Å². The highest BCUT2D eigenvalue weighted by atomic mass is 19.1. The van der Waals surface area contributed by atoms with Gasteiger partial charge in [0, 0.05) is 22.9 Å². The molecule has 3 aromatic carbocycles. The van der Waals surface area contributed by atoms with E-state index in [0.717, 1.165) is 17.5 Å². The smallest absolute Gasteiger partial charge is 0.249 e. The van der Waals surface area contributed by atoms with Gasteiger partial charge in [-0.2, -0.15) is 0 Å². The third-order valence-corrected chi connectivity index (χ3v) is 4.78. The zero-order valence-electron chi connectivity index (χ0n) is 14.4. The minimum Gasteiger partial charge on any atom is -0.366 e. The fourth-order valence-electron chi connectivity index (χ4n) is 3.57. The minimum atomic E-state index is -0.528. The van der Waals surface area contributed by atoms with E-state index < -0.39 is 5.91 Å². The summed E-state index contributed by atoms with van der Waals surface area (Å²) >= 11 is 0. The first-order chi connectivity index (χ1) is 12.6. The average molecular weight is 345 g/mol. The van der Waals surface area contributed by atoms with Gasteiger partial charge in [-0.1, -0.05) is 43.3 Å². The Kier molecular flexibility index (Phi) is 3.96. The van der Waals surface area contributed by atoms with Crippen LogP contribution in [0.4, 0.5) is 4.39 Å². The van der Waals surface area contributed by atoms with E-state index in [2.05, 4.69) is 25.1 Å². The Bertz CT molecular complexity index is 1140. The second-order valence-electron chi connectivity index (χ2n) is 6.37. The highest BCUT2D eigenvalue weighted by Crippen LogP contribution is 2.33. The number of nitrogens with two attached hydrogens (primary N) is 1. The lowest BCUT2D eigenvalue weighted by Gasteiger charge is -2.10.